The molecule has 1 unspecified atom stereocenters. The summed E-state index contributed by atoms with van der Waals surface area (Å²) in [5.41, 5.74) is 4.50. The average Bonchev–Trinajstić information content (AvgIpc) is 2.08. The van der Waals surface area contributed by atoms with Gasteiger partial charge in [-0.2, -0.15) is 0 Å². The molecule has 1 aliphatic heterocycles. The molecule has 0 aromatic heterocycles. The van der Waals surface area contributed by atoms with Gasteiger partial charge in [-0.1, -0.05) is 0 Å². The maximum atomic E-state index is 10.6. The van der Waals surface area contributed by atoms with Gasteiger partial charge in [-0.15, -0.1) is 0 Å². The van der Waals surface area contributed by atoms with Crippen molar-refractivity contribution in [3.05, 3.63) is 0 Å². The minimum atomic E-state index is 0.0775. The van der Waals surface area contributed by atoms with Gasteiger partial charge in [0.15, 0.2) is 0 Å². The summed E-state index contributed by atoms with van der Waals surface area (Å²) < 4.78 is 0. The van der Waals surface area contributed by atoms with Gasteiger partial charge >= 0.3 is 0 Å². The molecule has 4 N–H and O–H groups in total. The Balaban J connectivity index is 0.000000561. The van der Waals surface area contributed by atoms with Gasteiger partial charge in [0.05, 0.1) is 0 Å². The number of nitrogens with two attached hydrogens (primary N) is 1. The van der Waals surface area contributed by atoms with Crippen LogP contribution in [0.2, 0.25) is 0 Å². The fraction of sp³-hybridized carbons (Fsp3) is 0.875. The van der Waals surface area contributed by atoms with E-state index in [4.69, 9.17) is 0 Å². The molecule has 0 aromatic carbocycles. The molecule has 1 amide bonds. The van der Waals surface area contributed by atoms with E-state index in [2.05, 4.69) is 16.4 Å². The van der Waals surface area contributed by atoms with Gasteiger partial charge in [-0.25, -0.2) is 0 Å². The first-order valence-corrected chi connectivity index (χ1v) is 4.34. The highest BCUT2D eigenvalue weighted by atomic mass is 16.1. The summed E-state index contributed by atoms with van der Waals surface area (Å²) in [6.07, 6.45) is 2.29. The third-order valence-corrected chi connectivity index (χ3v) is 1.70. The van der Waals surface area contributed by atoms with Gasteiger partial charge in [-0.05, 0) is 26.4 Å². The summed E-state index contributed by atoms with van der Waals surface area (Å²) in [6, 6.07) is 0.367. The smallest absolute Gasteiger partial charge is 0.217 e. The zero-order valence-electron chi connectivity index (χ0n) is 7.89. The lowest BCUT2D eigenvalue weighted by atomic mass is 10.1. The summed E-state index contributed by atoms with van der Waals surface area (Å²) >= 11 is 0. The standard InChI is InChI=1S/C7H14N2O.CH5N/c1-6(10)9-7-3-2-4-8-5-7;1-2/h7-8H,2-5H2,1H3,(H,9,10);2H2,1H3. The molecule has 1 saturated heterocycles. The van der Waals surface area contributed by atoms with E-state index in [1.165, 1.54) is 13.5 Å². The van der Waals surface area contributed by atoms with Gasteiger partial charge in [0.1, 0.15) is 0 Å². The summed E-state index contributed by atoms with van der Waals surface area (Å²) in [6.45, 7) is 3.59. The molecular formula is C8H19N3O. The first-order valence-electron chi connectivity index (χ1n) is 4.34. The number of rotatable bonds is 1. The largest absolute Gasteiger partial charge is 0.352 e. The third-order valence-electron chi connectivity index (χ3n) is 1.70. The first kappa shape index (κ1) is 11.4. The molecule has 12 heavy (non-hydrogen) atoms. The van der Waals surface area contributed by atoms with E-state index >= 15 is 0 Å². The minimum absolute atomic E-state index is 0.0775. The predicted molar refractivity (Wildman–Crippen MR) is 49.8 cm³/mol. The Morgan fingerprint density at radius 2 is 2.25 bits per heavy atom. The maximum Gasteiger partial charge on any atom is 0.217 e. The SMILES string of the molecule is CC(=O)NC1CCCNC1.CN. The Labute approximate surface area is 73.9 Å². The van der Waals surface area contributed by atoms with Crippen LogP contribution < -0.4 is 16.4 Å². The van der Waals surface area contributed by atoms with E-state index in [0.29, 0.717) is 6.04 Å². The van der Waals surface area contributed by atoms with Crippen LogP contribution in [0.25, 0.3) is 0 Å². The molecular weight excluding hydrogens is 154 g/mol. The van der Waals surface area contributed by atoms with Crippen molar-refractivity contribution in [3.8, 4) is 0 Å². The molecule has 1 aliphatic rings. The van der Waals surface area contributed by atoms with Gasteiger partial charge in [0.2, 0.25) is 5.91 Å². The first-order chi connectivity index (χ1) is 5.79. The normalized spacial score (nSPS) is 22.1. The van der Waals surface area contributed by atoms with Gasteiger partial charge in [0.25, 0.3) is 0 Å². The van der Waals surface area contributed by atoms with Crippen LogP contribution in [-0.2, 0) is 4.79 Å². The van der Waals surface area contributed by atoms with E-state index in [-0.39, 0.29) is 5.91 Å². The molecule has 1 fully saturated rings. The van der Waals surface area contributed by atoms with E-state index in [1.54, 1.807) is 6.92 Å². The van der Waals surface area contributed by atoms with Crippen molar-refractivity contribution in [1.29, 1.82) is 0 Å². The van der Waals surface area contributed by atoms with Crippen molar-refractivity contribution in [2.45, 2.75) is 25.8 Å². The number of piperidine rings is 1. The number of carbonyl (C=O) groups is 1. The van der Waals surface area contributed by atoms with Crippen molar-refractivity contribution in [3.63, 3.8) is 0 Å². The zero-order chi connectivity index (χ0) is 9.40. The molecule has 72 valence electrons. The Morgan fingerprint density at radius 1 is 1.58 bits per heavy atom. The third kappa shape index (κ3) is 5.09. The second kappa shape index (κ2) is 7.06. The highest BCUT2D eigenvalue weighted by Crippen LogP contribution is 2.00. The van der Waals surface area contributed by atoms with Crippen LogP contribution in [-0.4, -0.2) is 32.1 Å². The maximum absolute atomic E-state index is 10.6. The number of carbonyl (C=O) groups excluding carboxylic acids is 1. The summed E-state index contributed by atoms with van der Waals surface area (Å²) in [7, 11) is 1.50. The predicted octanol–water partition coefficient (Wildman–Crippen LogP) is -0.551. The Hall–Kier alpha value is -0.610. The highest BCUT2D eigenvalue weighted by molar-refractivity contribution is 5.73. The van der Waals surface area contributed by atoms with Crippen molar-refractivity contribution in [1.82, 2.24) is 10.6 Å². The quantitative estimate of drug-likeness (QED) is 0.498. The van der Waals surface area contributed by atoms with E-state index in [0.717, 1.165) is 19.5 Å². The van der Waals surface area contributed by atoms with Crippen molar-refractivity contribution < 1.29 is 4.79 Å². The van der Waals surface area contributed by atoms with Crippen LogP contribution in [0.5, 0.6) is 0 Å². The fourth-order valence-corrected chi connectivity index (χ4v) is 1.26. The number of hydrogen-bond acceptors (Lipinski definition) is 3. The molecule has 4 nitrogen and oxygen atoms in total. The lowest BCUT2D eigenvalue weighted by molar-refractivity contribution is -0.119. The van der Waals surface area contributed by atoms with Crippen molar-refractivity contribution >= 4 is 5.91 Å². The molecule has 0 saturated carbocycles. The lowest BCUT2D eigenvalue weighted by Gasteiger charge is -2.22. The molecule has 1 rings (SSSR count). The molecule has 1 atom stereocenters. The fourth-order valence-electron chi connectivity index (χ4n) is 1.26. The van der Waals surface area contributed by atoms with Crippen LogP contribution in [0.15, 0.2) is 0 Å². The molecule has 0 aliphatic carbocycles. The topological polar surface area (TPSA) is 67.2 Å². The highest BCUT2D eigenvalue weighted by Gasteiger charge is 2.12. The number of amides is 1. The summed E-state index contributed by atoms with van der Waals surface area (Å²) in [5, 5.41) is 6.11. The number of hydrogen-bond donors (Lipinski definition) is 3. The number of nitrogens with one attached hydrogen (secondary N) is 2. The molecule has 0 radical (unpaired) electrons. The molecule has 0 bridgehead atoms. The monoisotopic (exact) mass is 173 g/mol. The molecule has 4 heteroatoms. The second-order valence-corrected chi connectivity index (χ2v) is 2.74. The minimum Gasteiger partial charge on any atom is -0.352 e. The van der Waals surface area contributed by atoms with E-state index < -0.39 is 0 Å². The van der Waals surface area contributed by atoms with Crippen LogP contribution in [0.3, 0.4) is 0 Å². The summed E-state index contributed by atoms with van der Waals surface area (Å²) in [4.78, 5) is 10.6. The molecule has 0 aromatic rings. The average molecular weight is 173 g/mol. The van der Waals surface area contributed by atoms with E-state index in [9.17, 15) is 4.79 Å². The van der Waals surface area contributed by atoms with Crippen LogP contribution in [0.4, 0.5) is 0 Å². The Bertz CT molecular complexity index is 121. The van der Waals surface area contributed by atoms with E-state index in [1.807, 2.05) is 0 Å². The Morgan fingerprint density at radius 3 is 2.67 bits per heavy atom. The van der Waals surface area contributed by atoms with Gasteiger partial charge in [-0.3, -0.25) is 4.79 Å². The van der Waals surface area contributed by atoms with Crippen LogP contribution in [0, 0.1) is 0 Å². The lowest BCUT2D eigenvalue weighted by Crippen LogP contribution is -2.44. The van der Waals surface area contributed by atoms with Crippen molar-refractivity contribution in [2.75, 3.05) is 20.1 Å². The van der Waals surface area contributed by atoms with Gasteiger partial charge < -0.3 is 16.4 Å². The van der Waals surface area contributed by atoms with Crippen LogP contribution in [0.1, 0.15) is 19.8 Å². The summed E-state index contributed by atoms with van der Waals surface area (Å²) in [5.74, 6) is 0.0775. The second-order valence-electron chi connectivity index (χ2n) is 2.74. The zero-order valence-corrected chi connectivity index (χ0v) is 7.89. The van der Waals surface area contributed by atoms with Gasteiger partial charge in [0, 0.05) is 19.5 Å². The molecule has 1 heterocycles. The van der Waals surface area contributed by atoms with Crippen molar-refractivity contribution in [2.24, 2.45) is 5.73 Å². The Kier molecular flexibility index (Phi) is 6.70. The van der Waals surface area contributed by atoms with Crippen LogP contribution >= 0.6 is 0 Å². The molecule has 0 spiro atoms.